The van der Waals surface area contributed by atoms with Gasteiger partial charge in [-0.3, -0.25) is 9.48 Å². The maximum absolute atomic E-state index is 12.9. The van der Waals surface area contributed by atoms with Gasteiger partial charge in [-0.05, 0) is 69.9 Å². The van der Waals surface area contributed by atoms with Gasteiger partial charge in [0.1, 0.15) is 11.0 Å². The van der Waals surface area contributed by atoms with Gasteiger partial charge in [0.05, 0.1) is 34.2 Å². The molecule has 0 atom stereocenters. The van der Waals surface area contributed by atoms with Gasteiger partial charge in [0, 0.05) is 25.0 Å². The highest BCUT2D eigenvalue weighted by atomic mass is 32.2. The maximum Gasteiger partial charge on any atom is 0.410 e. The van der Waals surface area contributed by atoms with Crippen molar-refractivity contribution in [3.8, 4) is 6.07 Å². The van der Waals surface area contributed by atoms with E-state index in [9.17, 15) is 23.3 Å². The number of fused-ring (bicyclic) bond motifs is 2. The van der Waals surface area contributed by atoms with Gasteiger partial charge in [-0.1, -0.05) is 0 Å². The molecule has 0 unspecified atom stereocenters. The summed E-state index contributed by atoms with van der Waals surface area (Å²) in [5.41, 5.74) is 0.234. The summed E-state index contributed by atoms with van der Waals surface area (Å²) >= 11 is 0. The molecule has 5 rings (SSSR count). The largest absolute Gasteiger partial charge is 0.444 e. The summed E-state index contributed by atoms with van der Waals surface area (Å²) in [5.74, 6) is 0.398. The standard InChI is InChI=1S/C26H30N6O5S/c1-25(2,3)37-24(34)31-13-9-26(8-11-27,10-14-31)32-19-6-12-28-23(33)21(19)22(30-32)29-18-4-5-20-17(16-18)7-15-38(20,35)36/h4-6,12,16H,7-10,13-15H2,1-3H3,(H,28,33)(H,29,30). The predicted octanol–water partition coefficient (Wildman–Crippen LogP) is 3.44. The lowest BCUT2D eigenvalue weighted by Gasteiger charge is -2.41. The first-order chi connectivity index (χ1) is 17.9. The van der Waals surface area contributed by atoms with Gasteiger partial charge in [0.25, 0.3) is 5.56 Å². The number of carbonyl (C=O) groups is 1. The summed E-state index contributed by atoms with van der Waals surface area (Å²) in [6.07, 6.45) is 2.64. The number of nitriles is 1. The lowest BCUT2D eigenvalue weighted by Crippen LogP contribution is -2.49. The van der Waals surface area contributed by atoms with Gasteiger partial charge in [0.2, 0.25) is 0 Å². The Kier molecular flexibility index (Phi) is 6.22. The van der Waals surface area contributed by atoms with Crippen molar-refractivity contribution in [3.05, 3.63) is 46.4 Å². The van der Waals surface area contributed by atoms with E-state index in [-0.39, 0.29) is 17.7 Å². The van der Waals surface area contributed by atoms with Crippen molar-refractivity contribution in [3.63, 3.8) is 0 Å². The number of benzene rings is 1. The predicted molar refractivity (Wildman–Crippen MR) is 141 cm³/mol. The van der Waals surface area contributed by atoms with Gasteiger partial charge < -0.3 is 19.9 Å². The smallest absolute Gasteiger partial charge is 0.410 e. The number of sulfone groups is 1. The Morgan fingerprint density at radius 2 is 2.00 bits per heavy atom. The molecule has 1 fully saturated rings. The molecule has 0 spiro atoms. The van der Waals surface area contributed by atoms with Crippen LogP contribution in [0.3, 0.4) is 0 Å². The number of amides is 1. The molecule has 3 aromatic rings. The first kappa shape index (κ1) is 25.8. The maximum atomic E-state index is 12.9. The molecule has 2 N–H and O–H groups in total. The number of aryl methyl sites for hydroxylation is 1. The van der Waals surface area contributed by atoms with Gasteiger partial charge >= 0.3 is 6.09 Å². The Hall–Kier alpha value is -3.85. The van der Waals surface area contributed by atoms with Crippen molar-refractivity contribution in [2.24, 2.45) is 0 Å². The molecule has 2 aromatic heterocycles. The van der Waals surface area contributed by atoms with Crippen molar-refractivity contribution in [1.29, 1.82) is 5.26 Å². The molecule has 0 saturated carbocycles. The number of pyridine rings is 1. The number of ether oxygens (including phenoxy) is 1. The van der Waals surface area contributed by atoms with Gasteiger partial charge in [0.15, 0.2) is 15.7 Å². The number of rotatable bonds is 4. The number of aromatic nitrogens is 3. The first-order valence-corrected chi connectivity index (χ1v) is 14.2. The van der Waals surface area contributed by atoms with Crippen molar-refractivity contribution < 1.29 is 17.9 Å². The molecule has 0 bridgehead atoms. The Labute approximate surface area is 220 Å². The number of aromatic amines is 1. The molecule has 2 aliphatic heterocycles. The SMILES string of the molecule is CC(C)(C)OC(=O)N1CCC(CC#N)(n2nc(Nc3ccc4c(c3)CCS4(=O)=O)c3c(=O)[nH]ccc32)CC1. The Balaban J connectivity index is 1.50. The molecule has 1 saturated heterocycles. The number of anilines is 2. The van der Waals surface area contributed by atoms with Crippen LogP contribution in [0.1, 0.15) is 45.6 Å². The normalized spacial score (nSPS) is 18.1. The van der Waals surface area contributed by atoms with Crippen LogP contribution in [0.15, 0.2) is 40.2 Å². The number of carbonyl (C=O) groups excluding carboxylic acids is 1. The summed E-state index contributed by atoms with van der Waals surface area (Å²) in [7, 11) is -3.25. The average molecular weight is 539 g/mol. The lowest BCUT2D eigenvalue weighted by atomic mass is 9.85. The molecule has 1 amide bonds. The molecule has 11 nitrogen and oxygen atoms in total. The number of likely N-dealkylation sites (tertiary alicyclic amines) is 1. The van der Waals surface area contributed by atoms with Crippen LogP contribution in [0.2, 0.25) is 0 Å². The molecular weight excluding hydrogens is 508 g/mol. The van der Waals surface area contributed by atoms with E-state index in [1.54, 1.807) is 40.0 Å². The number of nitrogens with one attached hydrogen (secondary N) is 2. The second kappa shape index (κ2) is 9.16. The molecular formula is C26H30N6O5S. The Morgan fingerprint density at radius 1 is 1.26 bits per heavy atom. The molecule has 200 valence electrons. The quantitative estimate of drug-likeness (QED) is 0.513. The highest BCUT2D eigenvalue weighted by Gasteiger charge is 2.41. The number of nitrogens with zero attached hydrogens (tertiary/aromatic N) is 4. The van der Waals surface area contributed by atoms with Crippen molar-refractivity contribution in [1.82, 2.24) is 19.7 Å². The van der Waals surface area contributed by atoms with Gasteiger partial charge in [-0.15, -0.1) is 0 Å². The van der Waals surface area contributed by atoms with E-state index in [1.807, 2.05) is 20.8 Å². The molecule has 0 aliphatic carbocycles. The third-order valence-electron chi connectivity index (χ3n) is 7.11. The third-order valence-corrected chi connectivity index (χ3v) is 8.92. The summed E-state index contributed by atoms with van der Waals surface area (Å²) in [5, 5.41) is 18.1. The van der Waals surface area contributed by atoms with E-state index in [1.165, 1.54) is 0 Å². The minimum atomic E-state index is -3.25. The van der Waals surface area contributed by atoms with Crippen LogP contribution in [0.25, 0.3) is 10.9 Å². The van der Waals surface area contributed by atoms with Gasteiger partial charge in [-0.2, -0.15) is 10.4 Å². The van der Waals surface area contributed by atoms with E-state index in [0.29, 0.717) is 59.7 Å². The monoisotopic (exact) mass is 538 g/mol. The van der Waals surface area contributed by atoms with Crippen molar-refractivity contribution in [2.75, 3.05) is 24.2 Å². The second-order valence-corrected chi connectivity index (χ2v) is 12.9. The molecule has 2 aliphatic rings. The van der Waals surface area contributed by atoms with E-state index in [0.717, 1.165) is 5.56 Å². The van der Waals surface area contributed by atoms with Crippen LogP contribution < -0.4 is 10.9 Å². The number of H-pyrrole nitrogens is 1. The Morgan fingerprint density at radius 3 is 2.68 bits per heavy atom. The van der Waals surface area contributed by atoms with Crippen LogP contribution >= 0.6 is 0 Å². The first-order valence-electron chi connectivity index (χ1n) is 12.5. The second-order valence-electron chi connectivity index (χ2n) is 10.9. The zero-order chi connectivity index (χ0) is 27.3. The molecule has 0 radical (unpaired) electrons. The molecule has 4 heterocycles. The van der Waals surface area contributed by atoms with E-state index in [2.05, 4.69) is 16.4 Å². The zero-order valence-electron chi connectivity index (χ0n) is 21.6. The fourth-order valence-electron chi connectivity index (χ4n) is 5.22. The van der Waals surface area contributed by atoms with E-state index >= 15 is 0 Å². The summed E-state index contributed by atoms with van der Waals surface area (Å²) in [4.78, 5) is 30.2. The third kappa shape index (κ3) is 4.62. The fourth-order valence-corrected chi connectivity index (χ4v) is 6.76. The average Bonchev–Trinajstić information content (AvgIpc) is 3.36. The molecule has 12 heteroatoms. The minimum Gasteiger partial charge on any atom is -0.444 e. The number of hydrogen-bond donors (Lipinski definition) is 2. The lowest BCUT2D eigenvalue weighted by molar-refractivity contribution is 0.0110. The van der Waals surface area contributed by atoms with Crippen LogP contribution in [-0.4, -0.2) is 58.6 Å². The topological polar surface area (TPSA) is 150 Å². The number of piperidine rings is 1. The highest BCUT2D eigenvalue weighted by molar-refractivity contribution is 7.91. The van der Waals surface area contributed by atoms with E-state index in [4.69, 9.17) is 9.84 Å². The molecule has 38 heavy (non-hydrogen) atoms. The van der Waals surface area contributed by atoms with Crippen molar-refractivity contribution in [2.45, 2.75) is 62.5 Å². The zero-order valence-corrected chi connectivity index (χ0v) is 22.4. The van der Waals surface area contributed by atoms with Gasteiger partial charge in [-0.25, -0.2) is 13.2 Å². The molecule has 1 aromatic carbocycles. The van der Waals surface area contributed by atoms with Crippen LogP contribution in [0.4, 0.5) is 16.3 Å². The summed E-state index contributed by atoms with van der Waals surface area (Å²) in [6.45, 7) is 6.20. The summed E-state index contributed by atoms with van der Waals surface area (Å²) < 4.78 is 31.7. The highest BCUT2D eigenvalue weighted by Crippen LogP contribution is 2.38. The Bertz CT molecular complexity index is 1620. The van der Waals surface area contributed by atoms with Crippen molar-refractivity contribution >= 4 is 38.3 Å². The van der Waals surface area contributed by atoms with E-state index < -0.39 is 27.1 Å². The minimum absolute atomic E-state index is 0.0833. The van der Waals surface area contributed by atoms with Crippen LogP contribution in [-0.2, 0) is 26.5 Å². The van der Waals surface area contributed by atoms with Crippen LogP contribution in [0.5, 0.6) is 0 Å². The van der Waals surface area contributed by atoms with Crippen LogP contribution in [0, 0.1) is 11.3 Å². The summed E-state index contributed by atoms with van der Waals surface area (Å²) in [6, 6.07) is 9.04. The fraction of sp³-hybridized carbons (Fsp3) is 0.462. The number of hydrogen-bond acceptors (Lipinski definition) is 8.